The van der Waals surface area contributed by atoms with E-state index in [-0.39, 0.29) is 17.8 Å². The number of hydrogen-bond acceptors (Lipinski definition) is 4. The summed E-state index contributed by atoms with van der Waals surface area (Å²) in [6, 6.07) is 0. The molecule has 1 aliphatic rings. The van der Waals surface area contributed by atoms with Crippen LogP contribution in [0.25, 0.3) is 0 Å². The molecule has 1 saturated carbocycles. The third kappa shape index (κ3) is 6.73. The van der Waals surface area contributed by atoms with Gasteiger partial charge in [-0.05, 0) is 19.8 Å². The summed E-state index contributed by atoms with van der Waals surface area (Å²) in [7, 11) is 0. The molecule has 0 atom stereocenters. The van der Waals surface area contributed by atoms with Crippen LogP contribution in [0, 0.1) is 5.92 Å². The van der Waals surface area contributed by atoms with Gasteiger partial charge in [-0.15, -0.1) is 0 Å². The highest BCUT2D eigenvalue weighted by Gasteiger charge is 2.28. The van der Waals surface area contributed by atoms with Gasteiger partial charge in [0.05, 0.1) is 6.61 Å². The van der Waals surface area contributed by atoms with E-state index in [1.165, 1.54) is 6.08 Å². The van der Waals surface area contributed by atoms with Crippen molar-refractivity contribution in [3.8, 4) is 0 Å². The summed E-state index contributed by atoms with van der Waals surface area (Å²) in [5.41, 5.74) is 0. The number of carbonyl (C=O) groups is 2. The van der Waals surface area contributed by atoms with Crippen molar-refractivity contribution in [2.45, 2.75) is 19.8 Å². The van der Waals surface area contributed by atoms with E-state index in [1.54, 1.807) is 13.0 Å². The van der Waals surface area contributed by atoms with Gasteiger partial charge < -0.3 is 15.4 Å². The maximum Gasteiger partial charge on any atom is 0.330 e. The molecule has 5 nitrogen and oxygen atoms in total. The molecule has 0 aromatic heterocycles. The van der Waals surface area contributed by atoms with Crippen molar-refractivity contribution >= 4 is 11.9 Å². The summed E-state index contributed by atoms with van der Waals surface area (Å²) < 4.78 is 4.72. The number of amides is 1. The zero-order valence-electron chi connectivity index (χ0n) is 10.2. The Morgan fingerprint density at radius 3 is 2.76 bits per heavy atom. The zero-order chi connectivity index (χ0) is 12.5. The van der Waals surface area contributed by atoms with Crippen molar-refractivity contribution in [3.05, 3.63) is 12.2 Å². The van der Waals surface area contributed by atoms with E-state index in [0.717, 1.165) is 12.8 Å². The number of ether oxygens (including phenoxy) is 1. The lowest BCUT2D eigenvalue weighted by atomic mass is 10.4. The number of rotatable bonds is 8. The van der Waals surface area contributed by atoms with Crippen LogP contribution >= 0.6 is 0 Å². The first-order chi connectivity index (χ1) is 8.24. The molecule has 0 radical (unpaired) electrons. The Labute approximate surface area is 102 Å². The molecule has 1 rings (SSSR count). The Balaban J connectivity index is 1.89. The van der Waals surface area contributed by atoms with E-state index >= 15 is 0 Å². The van der Waals surface area contributed by atoms with Crippen molar-refractivity contribution in [1.82, 2.24) is 10.6 Å². The molecule has 0 saturated heterocycles. The van der Waals surface area contributed by atoms with Gasteiger partial charge in [0.15, 0.2) is 0 Å². The summed E-state index contributed by atoms with van der Waals surface area (Å²) in [5, 5.41) is 5.94. The molecule has 17 heavy (non-hydrogen) atoms. The standard InChI is InChI=1S/C12H20N2O3/c1-2-17-11(15)4-3-7-13-8-9-14-12(16)10-5-6-10/h3-4,10,13H,2,5-9H2,1H3,(H,14,16)/b4-3+. The first kappa shape index (κ1) is 13.7. The van der Waals surface area contributed by atoms with Crippen molar-refractivity contribution in [3.63, 3.8) is 0 Å². The Morgan fingerprint density at radius 1 is 1.35 bits per heavy atom. The summed E-state index contributed by atoms with van der Waals surface area (Å²) >= 11 is 0. The van der Waals surface area contributed by atoms with Crippen molar-refractivity contribution < 1.29 is 14.3 Å². The zero-order valence-corrected chi connectivity index (χ0v) is 10.2. The van der Waals surface area contributed by atoms with Gasteiger partial charge in [0.25, 0.3) is 0 Å². The average Bonchev–Trinajstić information content (AvgIpc) is 3.11. The number of hydrogen-bond donors (Lipinski definition) is 2. The van der Waals surface area contributed by atoms with Gasteiger partial charge in [-0.25, -0.2) is 4.79 Å². The van der Waals surface area contributed by atoms with Gasteiger partial charge in [-0.3, -0.25) is 4.79 Å². The summed E-state index contributed by atoms with van der Waals surface area (Å²) in [4.78, 5) is 22.2. The number of carbonyl (C=O) groups excluding carboxylic acids is 2. The molecule has 2 N–H and O–H groups in total. The maximum absolute atomic E-state index is 11.2. The second-order valence-electron chi connectivity index (χ2n) is 3.92. The molecule has 1 amide bonds. The molecule has 0 aromatic rings. The second-order valence-corrected chi connectivity index (χ2v) is 3.92. The minimum absolute atomic E-state index is 0.161. The molecule has 1 fully saturated rings. The van der Waals surface area contributed by atoms with Gasteiger partial charge in [-0.1, -0.05) is 6.08 Å². The second kappa shape index (κ2) is 7.84. The van der Waals surface area contributed by atoms with Crippen molar-refractivity contribution in [1.29, 1.82) is 0 Å². The Kier molecular flexibility index (Phi) is 6.32. The molecular weight excluding hydrogens is 220 g/mol. The lowest BCUT2D eigenvalue weighted by molar-refractivity contribution is -0.137. The fourth-order valence-electron chi connectivity index (χ4n) is 1.29. The van der Waals surface area contributed by atoms with E-state index in [1.807, 2.05) is 0 Å². The molecule has 0 aliphatic heterocycles. The molecule has 0 heterocycles. The number of esters is 1. The van der Waals surface area contributed by atoms with E-state index < -0.39 is 0 Å². The smallest absolute Gasteiger partial charge is 0.330 e. The lowest BCUT2D eigenvalue weighted by Crippen LogP contribution is -2.32. The normalized spacial score (nSPS) is 14.9. The third-order valence-corrected chi connectivity index (χ3v) is 2.35. The largest absolute Gasteiger partial charge is 0.463 e. The highest BCUT2D eigenvalue weighted by atomic mass is 16.5. The van der Waals surface area contributed by atoms with E-state index in [0.29, 0.717) is 26.2 Å². The summed E-state index contributed by atoms with van der Waals surface area (Å²) in [6.45, 7) is 4.09. The first-order valence-corrected chi connectivity index (χ1v) is 6.05. The molecule has 0 aromatic carbocycles. The lowest BCUT2D eigenvalue weighted by Gasteiger charge is -2.04. The van der Waals surface area contributed by atoms with Crippen LogP contribution in [0.5, 0.6) is 0 Å². The van der Waals surface area contributed by atoms with Crippen LogP contribution in [0.2, 0.25) is 0 Å². The monoisotopic (exact) mass is 240 g/mol. The van der Waals surface area contributed by atoms with Gasteiger partial charge in [0.2, 0.25) is 5.91 Å². The van der Waals surface area contributed by atoms with Gasteiger partial charge in [0, 0.05) is 31.6 Å². The molecule has 0 bridgehead atoms. The Hall–Kier alpha value is -1.36. The van der Waals surface area contributed by atoms with Gasteiger partial charge in [-0.2, -0.15) is 0 Å². The van der Waals surface area contributed by atoms with E-state index in [2.05, 4.69) is 10.6 Å². The predicted octanol–water partition coefficient (Wildman–Crippen LogP) is 0.222. The van der Waals surface area contributed by atoms with Gasteiger partial charge >= 0.3 is 5.97 Å². The molecule has 1 aliphatic carbocycles. The maximum atomic E-state index is 11.2. The van der Waals surface area contributed by atoms with Crippen LogP contribution in [-0.2, 0) is 14.3 Å². The van der Waals surface area contributed by atoms with Crippen LogP contribution < -0.4 is 10.6 Å². The third-order valence-electron chi connectivity index (χ3n) is 2.35. The SMILES string of the molecule is CCOC(=O)/C=C/CNCCNC(=O)C1CC1. The molecule has 5 heteroatoms. The first-order valence-electron chi connectivity index (χ1n) is 6.05. The highest BCUT2D eigenvalue weighted by molar-refractivity contribution is 5.81. The minimum atomic E-state index is -0.323. The van der Waals surface area contributed by atoms with Crippen molar-refractivity contribution in [2.24, 2.45) is 5.92 Å². The van der Waals surface area contributed by atoms with Gasteiger partial charge in [0.1, 0.15) is 0 Å². The fraction of sp³-hybridized carbons (Fsp3) is 0.667. The minimum Gasteiger partial charge on any atom is -0.463 e. The van der Waals surface area contributed by atoms with Crippen molar-refractivity contribution in [2.75, 3.05) is 26.2 Å². The summed E-state index contributed by atoms with van der Waals surface area (Å²) in [5.74, 6) is 0.101. The van der Waals surface area contributed by atoms with Crippen LogP contribution in [-0.4, -0.2) is 38.1 Å². The fourth-order valence-corrected chi connectivity index (χ4v) is 1.29. The van der Waals surface area contributed by atoms with Crippen LogP contribution in [0.15, 0.2) is 12.2 Å². The quantitative estimate of drug-likeness (QED) is 0.362. The van der Waals surface area contributed by atoms with Crippen LogP contribution in [0.4, 0.5) is 0 Å². The number of nitrogens with one attached hydrogen (secondary N) is 2. The topological polar surface area (TPSA) is 67.4 Å². The highest BCUT2D eigenvalue weighted by Crippen LogP contribution is 2.28. The Morgan fingerprint density at radius 2 is 2.12 bits per heavy atom. The average molecular weight is 240 g/mol. The van der Waals surface area contributed by atoms with Crippen LogP contribution in [0.1, 0.15) is 19.8 Å². The predicted molar refractivity (Wildman–Crippen MR) is 64.4 cm³/mol. The van der Waals surface area contributed by atoms with E-state index in [9.17, 15) is 9.59 Å². The van der Waals surface area contributed by atoms with Crippen LogP contribution in [0.3, 0.4) is 0 Å². The molecule has 0 unspecified atom stereocenters. The Bertz CT molecular complexity index is 285. The molecule has 0 spiro atoms. The van der Waals surface area contributed by atoms with E-state index in [4.69, 9.17) is 4.74 Å². The molecular formula is C12H20N2O3. The summed E-state index contributed by atoms with van der Waals surface area (Å²) in [6.07, 6.45) is 5.17. The molecule has 96 valence electrons.